The van der Waals surface area contributed by atoms with Gasteiger partial charge in [-0.25, -0.2) is 8.78 Å². The Bertz CT molecular complexity index is 723. The minimum Gasteiger partial charge on any atom is -0.403 e. The molecule has 0 aliphatic carbocycles. The molecular formula is C16H17ClF2N4O2. The van der Waals surface area contributed by atoms with Gasteiger partial charge in [-0.1, -0.05) is 16.7 Å². The normalized spacial score (nSPS) is 17.3. The third-order valence-electron chi connectivity index (χ3n) is 4.06. The zero-order chi connectivity index (χ0) is 17.8. The standard InChI is InChI=1S/C16H17ClF2N4O2/c17-12-3-1-11(2-4-12)15-21-22-16(25-15)20-8-14(24)23-6-5-10(9-23)7-13(18)19/h1-4,10,13H,5-9H2,(H,20,22). The van der Waals surface area contributed by atoms with Crippen molar-refractivity contribution in [3.63, 3.8) is 0 Å². The van der Waals surface area contributed by atoms with Crippen molar-refractivity contribution in [1.29, 1.82) is 0 Å². The van der Waals surface area contributed by atoms with Crippen molar-refractivity contribution in [2.75, 3.05) is 25.0 Å². The van der Waals surface area contributed by atoms with E-state index in [1.54, 1.807) is 29.2 Å². The maximum atomic E-state index is 12.4. The molecule has 1 aromatic heterocycles. The predicted molar refractivity (Wildman–Crippen MR) is 88.5 cm³/mol. The summed E-state index contributed by atoms with van der Waals surface area (Å²) in [4.78, 5) is 13.7. The molecule has 1 aliphatic rings. The Labute approximate surface area is 148 Å². The number of nitrogens with one attached hydrogen (secondary N) is 1. The molecule has 1 aliphatic heterocycles. The lowest BCUT2D eigenvalue weighted by Crippen LogP contribution is -2.34. The fraction of sp³-hybridized carbons (Fsp3) is 0.438. The first-order valence-electron chi connectivity index (χ1n) is 7.90. The number of hydrogen-bond donors (Lipinski definition) is 1. The number of aromatic nitrogens is 2. The molecule has 25 heavy (non-hydrogen) atoms. The summed E-state index contributed by atoms with van der Waals surface area (Å²) in [5.74, 6) is -0.00310. The van der Waals surface area contributed by atoms with Crippen LogP contribution in [0.3, 0.4) is 0 Å². The number of benzene rings is 1. The van der Waals surface area contributed by atoms with E-state index in [4.69, 9.17) is 16.0 Å². The predicted octanol–water partition coefficient (Wildman–Crippen LogP) is 3.31. The molecule has 0 radical (unpaired) electrons. The highest BCUT2D eigenvalue weighted by Gasteiger charge is 2.28. The lowest BCUT2D eigenvalue weighted by Gasteiger charge is -2.16. The van der Waals surface area contributed by atoms with Gasteiger partial charge in [-0.3, -0.25) is 4.79 Å². The summed E-state index contributed by atoms with van der Waals surface area (Å²) in [6.07, 6.45) is -1.88. The molecule has 2 aromatic rings. The van der Waals surface area contributed by atoms with Gasteiger partial charge in [0.25, 0.3) is 0 Å². The first-order valence-corrected chi connectivity index (χ1v) is 8.28. The Morgan fingerprint density at radius 1 is 1.36 bits per heavy atom. The number of rotatable bonds is 6. The fourth-order valence-corrected chi connectivity index (χ4v) is 2.90. The minimum absolute atomic E-state index is 0.0242. The topological polar surface area (TPSA) is 71.3 Å². The van der Waals surface area contributed by atoms with Crippen LogP contribution >= 0.6 is 11.6 Å². The highest BCUT2D eigenvalue weighted by Crippen LogP contribution is 2.23. The Morgan fingerprint density at radius 3 is 2.84 bits per heavy atom. The number of alkyl halides is 2. The number of halogens is 3. The third-order valence-corrected chi connectivity index (χ3v) is 4.31. The van der Waals surface area contributed by atoms with Gasteiger partial charge in [0.1, 0.15) is 0 Å². The Kier molecular flexibility index (Phi) is 5.47. The molecular weight excluding hydrogens is 354 g/mol. The Balaban J connectivity index is 1.51. The first-order chi connectivity index (χ1) is 12.0. The number of anilines is 1. The van der Waals surface area contributed by atoms with Gasteiger partial charge in [0.2, 0.25) is 18.2 Å². The van der Waals surface area contributed by atoms with Crippen LogP contribution in [-0.2, 0) is 4.79 Å². The van der Waals surface area contributed by atoms with E-state index in [-0.39, 0.29) is 30.8 Å². The molecule has 9 heteroatoms. The molecule has 6 nitrogen and oxygen atoms in total. The summed E-state index contributed by atoms with van der Waals surface area (Å²) in [5, 5.41) is 11.1. The van der Waals surface area contributed by atoms with Crippen LogP contribution in [0.15, 0.2) is 28.7 Å². The monoisotopic (exact) mass is 370 g/mol. The molecule has 1 N–H and O–H groups in total. The Morgan fingerprint density at radius 2 is 2.12 bits per heavy atom. The van der Waals surface area contributed by atoms with Crippen molar-refractivity contribution in [3.8, 4) is 11.5 Å². The maximum absolute atomic E-state index is 12.4. The molecule has 1 unspecified atom stereocenters. The number of nitrogens with zero attached hydrogens (tertiary/aromatic N) is 3. The van der Waals surface area contributed by atoms with E-state index in [1.165, 1.54) is 0 Å². The van der Waals surface area contributed by atoms with Gasteiger partial charge >= 0.3 is 6.01 Å². The number of carbonyl (C=O) groups is 1. The van der Waals surface area contributed by atoms with Gasteiger partial charge < -0.3 is 14.6 Å². The molecule has 0 saturated carbocycles. The van der Waals surface area contributed by atoms with Crippen LogP contribution in [0, 0.1) is 5.92 Å². The number of hydrogen-bond acceptors (Lipinski definition) is 5. The van der Waals surface area contributed by atoms with E-state index in [9.17, 15) is 13.6 Å². The number of likely N-dealkylation sites (tertiary alicyclic amines) is 1. The zero-order valence-electron chi connectivity index (χ0n) is 13.3. The van der Waals surface area contributed by atoms with Crippen LogP contribution in [-0.4, -0.2) is 47.1 Å². The van der Waals surface area contributed by atoms with Crippen LogP contribution in [0.25, 0.3) is 11.5 Å². The molecule has 2 heterocycles. The van der Waals surface area contributed by atoms with Crippen molar-refractivity contribution in [1.82, 2.24) is 15.1 Å². The molecule has 1 amide bonds. The molecule has 0 bridgehead atoms. The lowest BCUT2D eigenvalue weighted by molar-refractivity contribution is -0.128. The van der Waals surface area contributed by atoms with Crippen molar-refractivity contribution in [3.05, 3.63) is 29.3 Å². The summed E-state index contributed by atoms with van der Waals surface area (Å²) in [7, 11) is 0. The van der Waals surface area contributed by atoms with E-state index in [1.807, 2.05) is 0 Å². The maximum Gasteiger partial charge on any atom is 0.316 e. The molecule has 1 aromatic carbocycles. The van der Waals surface area contributed by atoms with Crippen LogP contribution in [0.5, 0.6) is 0 Å². The molecule has 1 saturated heterocycles. The smallest absolute Gasteiger partial charge is 0.316 e. The van der Waals surface area contributed by atoms with Crippen molar-refractivity contribution in [2.24, 2.45) is 5.92 Å². The van der Waals surface area contributed by atoms with Gasteiger partial charge in [0.15, 0.2) is 0 Å². The molecule has 1 atom stereocenters. The lowest BCUT2D eigenvalue weighted by atomic mass is 10.1. The van der Waals surface area contributed by atoms with Crippen molar-refractivity contribution < 1.29 is 18.0 Å². The van der Waals surface area contributed by atoms with Gasteiger partial charge in [0, 0.05) is 30.1 Å². The van der Waals surface area contributed by atoms with E-state index in [0.29, 0.717) is 36.0 Å². The minimum atomic E-state index is -2.33. The second-order valence-electron chi connectivity index (χ2n) is 5.89. The van der Waals surface area contributed by atoms with Gasteiger partial charge in [0.05, 0.1) is 6.54 Å². The van der Waals surface area contributed by atoms with E-state index in [2.05, 4.69) is 15.5 Å². The second-order valence-corrected chi connectivity index (χ2v) is 6.33. The van der Waals surface area contributed by atoms with Gasteiger partial charge in [-0.15, -0.1) is 5.10 Å². The highest BCUT2D eigenvalue weighted by atomic mass is 35.5. The van der Waals surface area contributed by atoms with E-state index >= 15 is 0 Å². The fourth-order valence-electron chi connectivity index (χ4n) is 2.77. The third kappa shape index (κ3) is 4.66. The van der Waals surface area contributed by atoms with Crippen LogP contribution in [0.2, 0.25) is 5.02 Å². The molecule has 0 spiro atoms. The van der Waals surface area contributed by atoms with E-state index in [0.717, 1.165) is 0 Å². The Hall–Kier alpha value is -2.22. The zero-order valence-corrected chi connectivity index (χ0v) is 14.0. The number of amides is 1. The largest absolute Gasteiger partial charge is 0.403 e. The van der Waals surface area contributed by atoms with Crippen LogP contribution in [0.4, 0.5) is 14.8 Å². The summed E-state index contributed by atoms with van der Waals surface area (Å²) < 4.78 is 30.2. The van der Waals surface area contributed by atoms with Crippen molar-refractivity contribution >= 4 is 23.5 Å². The first kappa shape index (κ1) is 17.6. The number of carbonyl (C=O) groups excluding carboxylic acids is 1. The SMILES string of the molecule is O=C(CNc1nnc(-c2ccc(Cl)cc2)o1)N1CCC(CC(F)F)C1. The molecule has 3 rings (SSSR count). The van der Waals surface area contributed by atoms with Gasteiger partial charge in [-0.05, 0) is 36.6 Å². The van der Waals surface area contributed by atoms with Crippen LogP contribution in [0.1, 0.15) is 12.8 Å². The second kappa shape index (κ2) is 7.77. The summed E-state index contributed by atoms with van der Waals surface area (Å²) in [6, 6.07) is 7.04. The van der Waals surface area contributed by atoms with Crippen molar-refractivity contribution in [2.45, 2.75) is 19.3 Å². The summed E-state index contributed by atoms with van der Waals surface area (Å²) >= 11 is 5.83. The van der Waals surface area contributed by atoms with Gasteiger partial charge in [-0.2, -0.15) is 0 Å². The van der Waals surface area contributed by atoms with Crippen LogP contribution < -0.4 is 5.32 Å². The molecule has 134 valence electrons. The highest BCUT2D eigenvalue weighted by molar-refractivity contribution is 6.30. The quantitative estimate of drug-likeness (QED) is 0.844. The molecule has 1 fully saturated rings. The average Bonchev–Trinajstić information content (AvgIpc) is 3.22. The summed E-state index contributed by atoms with van der Waals surface area (Å²) in [5.41, 5.74) is 0.714. The van der Waals surface area contributed by atoms with E-state index < -0.39 is 6.43 Å². The summed E-state index contributed by atoms with van der Waals surface area (Å²) in [6.45, 7) is 0.839. The average molecular weight is 371 g/mol.